The molecule has 14 heavy (non-hydrogen) atoms. The van der Waals surface area contributed by atoms with E-state index >= 15 is 0 Å². The first kappa shape index (κ1) is 10.0. The first-order valence-electron chi connectivity index (χ1n) is 6.15. The van der Waals surface area contributed by atoms with Crippen molar-refractivity contribution in [1.29, 1.82) is 0 Å². The molecular formula is C14H22. The van der Waals surface area contributed by atoms with Crippen LogP contribution < -0.4 is 0 Å². The molecule has 0 aromatic heterocycles. The standard InChI is InChI=1S/C14H22/c1-12-9-10-14(11-12)8-4-7-13-5-2-3-6-13/h2-3,9,13-14H,4-8,10-11H2,1H3. The lowest BCUT2D eigenvalue weighted by molar-refractivity contribution is 0.427. The molecule has 0 nitrogen and oxygen atoms in total. The van der Waals surface area contributed by atoms with Crippen LogP contribution in [-0.2, 0) is 0 Å². The Hall–Kier alpha value is -0.520. The van der Waals surface area contributed by atoms with Gasteiger partial charge in [-0.15, -0.1) is 0 Å². The number of allylic oxidation sites excluding steroid dienone is 4. The van der Waals surface area contributed by atoms with E-state index in [4.69, 9.17) is 0 Å². The van der Waals surface area contributed by atoms with Gasteiger partial charge >= 0.3 is 0 Å². The van der Waals surface area contributed by atoms with Gasteiger partial charge in [-0.2, -0.15) is 0 Å². The summed E-state index contributed by atoms with van der Waals surface area (Å²) in [6, 6.07) is 0. The van der Waals surface area contributed by atoms with Crippen molar-refractivity contribution in [3.63, 3.8) is 0 Å². The lowest BCUT2D eigenvalue weighted by atomic mass is 9.93. The molecule has 0 aliphatic heterocycles. The minimum atomic E-state index is 0.990. The van der Waals surface area contributed by atoms with E-state index in [1.807, 2.05) is 0 Å². The van der Waals surface area contributed by atoms with Gasteiger partial charge in [0.25, 0.3) is 0 Å². The van der Waals surface area contributed by atoms with Crippen molar-refractivity contribution in [3.8, 4) is 0 Å². The Kier molecular flexibility index (Phi) is 3.44. The first-order chi connectivity index (χ1) is 6.84. The van der Waals surface area contributed by atoms with Crippen molar-refractivity contribution in [3.05, 3.63) is 23.8 Å². The Morgan fingerprint density at radius 2 is 1.79 bits per heavy atom. The molecule has 0 spiro atoms. The quantitative estimate of drug-likeness (QED) is 0.573. The smallest absolute Gasteiger partial charge is 0.0292 e. The van der Waals surface area contributed by atoms with Gasteiger partial charge in [-0.3, -0.25) is 0 Å². The Bertz CT molecular complexity index is 226. The van der Waals surface area contributed by atoms with Crippen LogP contribution in [0.1, 0.15) is 51.9 Å². The normalized spacial score (nSPS) is 27.2. The average Bonchev–Trinajstić information content (AvgIpc) is 2.77. The molecule has 2 aliphatic rings. The van der Waals surface area contributed by atoms with Gasteiger partial charge in [0.05, 0.1) is 0 Å². The highest BCUT2D eigenvalue weighted by atomic mass is 14.2. The highest BCUT2D eigenvalue weighted by Gasteiger charge is 2.15. The molecule has 2 aliphatic carbocycles. The van der Waals surface area contributed by atoms with Crippen LogP contribution in [-0.4, -0.2) is 0 Å². The van der Waals surface area contributed by atoms with Crippen LogP contribution in [0.15, 0.2) is 23.8 Å². The van der Waals surface area contributed by atoms with Crippen LogP contribution in [0.5, 0.6) is 0 Å². The molecule has 1 unspecified atom stereocenters. The average molecular weight is 190 g/mol. The van der Waals surface area contributed by atoms with E-state index in [0.717, 1.165) is 11.8 Å². The topological polar surface area (TPSA) is 0 Å². The molecule has 0 bridgehead atoms. The zero-order chi connectivity index (χ0) is 9.80. The lowest BCUT2D eigenvalue weighted by Crippen LogP contribution is -1.98. The number of hydrogen-bond donors (Lipinski definition) is 0. The predicted octanol–water partition coefficient (Wildman–Crippen LogP) is 4.48. The fourth-order valence-corrected chi connectivity index (χ4v) is 2.81. The molecular weight excluding hydrogens is 168 g/mol. The molecule has 2 rings (SSSR count). The van der Waals surface area contributed by atoms with Crippen molar-refractivity contribution < 1.29 is 0 Å². The fraction of sp³-hybridized carbons (Fsp3) is 0.714. The summed E-state index contributed by atoms with van der Waals surface area (Å²) in [5.74, 6) is 1.98. The maximum Gasteiger partial charge on any atom is -0.0292 e. The Morgan fingerprint density at radius 1 is 1.07 bits per heavy atom. The summed E-state index contributed by atoms with van der Waals surface area (Å²) < 4.78 is 0. The largest absolute Gasteiger partial charge is 0.0882 e. The van der Waals surface area contributed by atoms with Crippen molar-refractivity contribution in [1.82, 2.24) is 0 Å². The van der Waals surface area contributed by atoms with Gasteiger partial charge in [0.2, 0.25) is 0 Å². The van der Waals surface area contributed by atoms with Crippen LogP contribution in [0.2, 0.25) is 0 Å². The van der Waals surface area contributed by atoms with Gasteiger partial charge in [0.15, 0.2) is 0 Å². The molecule has 0 heterocycles. The summed E-state index contributed by atoms with van der Waals surface area (Å²) in [5.41, 5.74) is 1.62. The van der Waals surface area contributed by atoms with Crippen LogP contribution in [0.3, 0.4) is 0 Å². The van der Waals surface area contributed by atoms with Gasteiger partial charge in [0.1, 0.15) is 0 Å². The molecule has 0 radical (unpaired) electrons. The highest BCUT2D eigenvalue weighted by molar-refractivity contribution is 5.06. The van der Waals surface area contributed by atoms with E-state index in [1.54, 1.807) is 5.57 Å². The third kappa shape index (κ3) is 2.73. The number of rotatable bonds is 4. The molecule has 0 aromatic rings. The Morgan fingerprint density at radius 3 is 2.43 bits per heavy atom. The monoisotopic (exact) mass is 190 g/mol. The van der Waals surface area contributed by atoms with Crippen molar-refractivity contribution in [2.45, 2.75) is 51.9 Å². The van der Waals surface area contributed by atoms with Crippen molar-refractivity contribution in [2.75, 3.05) is 0 Å². The van der Waals surface area contributed by atoms with E-state index in [-0.39, 0.29) is 0 Å². The van der Waals surface area contributed by atoms with Crippen LogP contribution in [0, 0.1) is 11.8 Å². The van der Waals surface area contributed by atoms with Crippen molar-refractivity contribution in [2.24, 2.45) is 11.8 Å². The third-order valence-electron chi connectivity index (χ3n) is 3.74. The molecule has 0 N–H and O–H groups in total. The van der Waals surface area contributed by atoms with E-state index < -0.39 is 0 Å². The Balaban J connectivity index is 1.55. The molecule has 78 valence electrons. The van der Waals surface area contributed by atoms with Crippen molar-refractivity contribution >= 4 is 0 Å². The van der Waals surface area contributed by atoms with Gasteiger partial charge < -0.3 is 0 Å². The summed E-state index contributed by atoms with van der Waals surface area (Å²) in [6.07, 6.45) is 17.0. The first-order valence-corrected chi connectivity index (χ1v) is 6.15. The third-order valence-corrected chi connectivity index (χ3v) is 3.74. The predicted molar refractivity (Wildman–Crippen MR) is 62.2 cm³/mol. The van der Waals surface area contributed by atoms with Crippen LogP contribution >= 0.6 is 0 Å². The molecule has 0 saturated heterocycles. The lowest BCUT2D eigenvalue weighted by Gasteiger charge is -2.12. The maximum atomic E-state index is 2.43. The minimum absolute atomic E-state index is 0.990. The summed E-state index contributed by atoms with van der Waals surface area (Å²) in [4.78, 5) is 0. The SMILES string of the molecule is CC1=CCC(CCCC2CC=CC2)C1. The summed E-state index contributed by atoms with van der Waals surface area (Å²) in [5, 5.41) is 0. The molecule has 0 aromatic carbocycles. The number of hydrogen-bond acceptors (Lipinski definition) is 0. The van der Waals surface area contributed by atoms with E-state index in [9.17, 15) is 0 Å². The van der Waals surface area contributed by atoms with Crippen LogP contribution in [0.25, 0.3) is 0 Å². The summed E-state index contributed by atoms with van der Waals surface area (Å²) >= 11 is 0. The molecule has 0 fully saturated rings. The second-order valence-electron chi connectivity index (χ2n) is 5.10. The van der Waals surface area contributed by atoms with E-state index in [0.29, 0.717) is 0 Å². The Labute approximate surface area is 88.1 Å². The molecule has 0 heteroatoms. The van der Waals surface area contributed by atoms with E-state index in [2.05, 4.69) is 25.2 Å². The molecule has 0 amide bonds. The highest BCUT2D eigenvalue weighted by Crippen LogP contribution is 2.30. The summed E-state index contributed by atoms with van der Waals surface area (Å²) in [7, 11) is 0. The zero-order valence-electron chi connectivity index (χ0n) is 9.34. The molecule has 0 saturated carbocycles. The van der Waals surface area contributed by atoms with Gasteiger partial charge in [-0.1, -0.05) is 30.2 Å². The van der Waals surface area contributed by atoms with Gasteiger partial charge in [-0.05, 0) is 57.3 Å². The summed E-state index contributed by atoms with van der Waals surface area (Å²) in [6.45, 7) is 2.28. The van der Waals surface area contributed by atoms with Gasteiger partial charge in [0, 0.05) is 0 Å². The van der Waals surface area contributed by atoms with E-state index in [1.165, 1.54) is 44.9 Å². The second-order valence-corrected chi connectivity index (χ2v) is 5.10. The zero-order valence-corrected chi connectivity index (χ0v) is 9.34. The minimum Gasteiger partial charge on any atom is -0.0882 e. The second kappa shape index (κ2) is 4.82. The van der Waals surface area contributed by atoms with Gasteiger partial charge in [-0.25, -0.2) is 0 Å². The van der Waals surface area contributed by atoms with Crippen LogP contribution in [0.4, 0.5) is 0 Å². The maximum absolute atomic E-state index is 2.43. The fourth-order valence-electron chi connectivity index (χ4n) is 2.81. The molecule has 1 atom stereocenters.